The molecule has 0 rings (SSSR count). The van der Waals surface area contributed by atoms with Crippen LogP contribution >= 0.6 is 11.8 Å². The highest BCUT2D eigenvalue weighted by Gasteiger charge is 2.10. The monoisotopic (exact) mass is 578 g/mol. The van der Waals surface area contributed by atoms with E-state index >= 15 is 0 Å². The molecule has 0 unspecified atom stereocenters. The second kappa shape index (κ2) is 33.5. The minimum absolute atomic E-state index is 0.181. The molecule has 0 spiro atoms. The van der Waals surface area contributed by atoms with Gasteiger partial charge in [0.1, 0.15) is 6.61 Å². The molecular formula is C29H58N2O7S. The summed E-state index contributed by atoms with van der Waals surface area (Å²) in [4.78, 5) is 21.1. The molecule has 232 valence electrons. The van der Waals surface area contributed by atoms with Gasteiger partial charge < -0.3 is 34.7 Å². The van der Waals surface area contributed by atoms with Gasteiger partial charge in [-0.2, -0.15) is 11.8 Å². The minimum Gasteiger partial charge on any atom is -0.475 e. The number of aliphatic carboxylic acids is 1. The number of carboxylic acid groups (broad SMARTS) is 1. The van der Waals surface area contributed by atoms with Crippen LogP contribution in [0.4, 0.5) is 0 Å². The Balaban J connectivity index is 3.06. The maximum Gasteiger partial charge on any atom is 0.374 e. The third kappa shape index (κ3) is 33.4. The summed E-state index contributed by atoms with van der Waals surface area (Å²) in [7, 11) is 0. The predicted octanol–water partition coefficient (Wildman–Crippen LogP) is 4.32. The number of unbranched alkanes of at least 4 members (excludes halogenated alkanes) is 9. The van der Waals surface area contributed by atoms with E-state index in [0.29, 0.717) is 26.4 Å². The highest BCUT2D eigenvalue weighted by molar-refractivity contribution is 7.99. The van der Waals surface area contributed by atoms with E-state index in [9.17, 15) is 9.59 Å². The van der Waals surface area contributed by atoms with E-state index in [1.807, 2.05) is 11.8 Å². The summed E-state index contributed by atoms with van der Waals surface area (Å²) < 4.78 is 21.4. The molecule has 3 N–H and O–H groups in total. The smallest absolute Gasteiger partial charge is 0.374 e. The lowest BCUT2D eigenvalue weighted by Gasteiger charge is -2.08. The third-order valence-corrected chi connectivity index (χ3v) is 7.13. The number of carbonyl (C=O) groups is 2. The fourth-order valence-electron chi connectivity index (χ4n) is 3.70. The van der Waals surface area contributed by atoms with Crippen molar-refractivity contribution in [2.24, 2.45) is 0 Å². The first kappa shape index (κ1) is 38.2. The highest BCUT2D eigenvalue weighted by Crippen LogP contribution is 2.10. The van der Waals surface area contributed by atoms with Crippen LogP contribution in [0.2, 0.25) is 0 Å². The second-order valence-corrected chi connectivity index (χ2v) is 10.8. The Kier molecular flexibility index (Phi) is 32.8. The van der Waals surface area contributed by atoms with Gasteiger partial charge in [-0.1, -0.05) is 64.7 Å². The Morgan fingerprint density at radius 3 is 1.74 bits per heavy atom. The summed E-state index contributed by atoms with van der Waals surface area (Å²) in [6, 6.07) is 0. The molecule has 0 radical (unpaired) electrons. The molecule has 0 aromatic carbocycles. The second-order valence-electron chi connectivity index (χ2n) is 9.62. The standard InChI is InChI=1S/C29H58N2O7S/c1-2-3-4-5-6-7-8-9-10-11-18-35-19-13-26-39-25-12-14-30-15-16-31-17-20-36-21-22-37-23-24-38-27-28(32)29(33)34/h30-31H,2-27H2,1H3,(H,33,34). The number of nitrogens with one attached hydrogen (secondary N) is 2. The average molecular weight is 579 g/mol. The van der Waals surface area contributed by atoms with Gasteiger partial charge in [-0.25, -0.2) is 4.79 Å². The SMILES string of the molecule is CCCCCCCCCCCCOCCCSCCCNCCNCCOCCOCCOCC(=O)C(=O)O. The topological polar surface area (TPSA) is 115 Å². The Bertz CT molecular complexity index is 530. The van der Waals surface area contributed by atoms with E-state index in [-0.39, 0.29) is 6.61 Å². The van der Waals surface area contributed by atoms with Gasteiger partial charge in [0, 0.05) is 32.8 Å². The first-order valence-electron chi connectivity index (χ1n) is 15.2. The van der Waals surface area contributed by atoms with E-state index in [2.05, 4.69) is 17.6 Å². The van der Waals surface area contributed by atoms with Crippen LogP contribution in [0.15, 0.2) is 0 Å². The summed E-state index contributed by atoms with van der Waals surface area (Å²) in [5, 5.41) is 15.2. The van der Waals surface area contributed by atoms with Crippen molar-refractivity contribution in [1.29, 1.82) is 0 Å². The lowest BCUT2D eigenvalue weighted by molar-refractivity contribution is -0.151. The van der Waals surface area contributed by atoms with Gasteiger partial charge in [-0.15, -0.1) is 0 Å². The van der Waals surface area contributed by atoms with Crippen molar-refractivity contribution < 1.29 is 33.6 Å². The van der Waals surface area contributed by atoms with Crippen molar-refractivity contribution in [2.75, 3.05) is 90.5 Å². The Hall–Kier alpha value is -0.750. The van der Waals surface area contributed by atoms with Crippen LogP contribution < -0.4 is 10.6 Å². The van der Waals surface area contributed by atoms with Crippen LogP contribution in [0.5, 0.6) is 0 Å². The van der Waals surface area contributed by atoms with E-state index in [4.69, 9.17) is 24.1 Å². The van der Waals surface area contributed by atoms with Crippen LogP contribution in [0, 0.1) is 0 Å². The molecule has 0 amide bonds. The van der Waals surface area contributed by atoms with Gasteiger partial charge >= 0.3 is 5.97 Å². The molecule has 0 atom stereocenters. The molecule has 0 aliphatic rings. The van der Waals surface area contributed by atoms with Gasteiger partial charge in [0.15, 0.2) is 0 Å². The molecule has 0 saturated carbocycles. The molecule has 39 heavy (non-hydrogen) atoms. The maximum absolute atomic E-state index is 10.8. The molecule has 0 aromatic rings. The molecule has 0 fully saturated rings. The fourth-order valence-corrected chi connectivity index (χ4v) is 4.57. The lowest BCUT2D eigenvalue weighted by Crippen LogP contribution is -2.30. The molecular weight excluding hydrogens is 520 g/mol. The number of ketones is 1. The molecule has 0 aliphatic carbocycles. The number of hydrogen-bond acceptors (Lipinski definition) is 9. The average Bonchev–Trinajstić information content (AvgIpc) is 2.93. The Labute approximate surface area is 242 Å². The van der Waals surface area contributed by atoms with Crippen molar-refractivity contribution in [3.63, 3.8) is 0 Å². The summed E-state index contributed by atoms with van der Waals surface area (Å²) in [5.74, 6) is -0.0561. The van der Waals surface area contributed by atoms with E-state index < -0.39 is 18.4 Å². The molecule has 10 heteroatoms. The van der Waals surface area contributed by atoms with Gasteiger partial charge in [-0.3, -0.25) is 4.79 Å². The number of Topliss-reactive ketones (excluding diaryl/α,β-unsaturated/α-hetero) is 1. The quantitative estimate of drug-likeness (QED) is 0.0753. The normalized spacial score (nSPS) is 11.3. The molecule has 0 saturated heterocycles. The van der Waals surface area contributed by atoms with Gasteiger partial charge in [-0.05, 0) is 37.3 Å². The molecule has 0 aliphatic heterocycles. The van der Waals surface area contributed by atoms with Crippen molar-refractivity contribution >= 4 is 23.5 Å². The molecule has 0 aromatic heterocycles. The Morgan fingerprint density at radius 2 is 1.08 bits per heavy atom. The maximum atomic E-state index is 10.8. The van der Waals surface area contributed by atoms with E-state index in [1.165, 1.54) is 82.1 Å². The van der Waals surface area contributed by atoms with Crippen LogP contribution in [0.1, 0.15) is 84.0 Å². The number of thioether (sulfide) groups is 1. The molecule has 9 nitrogen and oxygen atoms in total. The largest absolute Gasteiger partial charge is 0.475 e. The first-order chi connectivity index (χ1) is 19.2. The number of carboxylic acids is 1. The summed E-state index contributed by atoms with van der Waals surface area (Å²) in [6.07, 6.45) is 16.0. The van der Waals surface area contributed by atoms with Gasteiger partial charge in [0.25, 0.3) is 5.78 Å². The van der Waals surface area contributed by atoms with Crippen LogP contribution in [-0.2, 0) is 28.5 Å². The molecule has 0 bridgehead atoms. The number of hydrogen-bond donors (Lipinski definition) is 3. The minimum atomic E-state index is -1.48. The van der Waals surface area contributed by atoms with Crippen LogP contribution in [0.3, 0.4) is 0 Å². The van der Waals surface area contributed by atoms with Crippen LogP contribution in [-0.4, -0.2) is 107 Å². The molecule has 0 heterocycles. The number of rotatable bonds is 34. The van der Waals surface area contributed by atoms with Gasteiger partial charge in [0.05, 0.1) is 33.0 Å². The lowest BCUT2D eigenvalue weighted by atomic mass is 10.1. The first-order valence-corrected chi connectivity index (χ1v) is 16.4. The number of ether oxygens (including phenoxy) is 4. The van der Waals surface area contributed by atoms with Crippen molar-refractivity contribution in [3.8, 4) is 0 Å². The van der Waals surface area contributed by atoms with Crippen LogP contribution in [0.25, 0.3) is 0 Å². The Morgan fingerprint density at radius 1 is 0.564 bits per heavy atom. The zero-order chi connectivity index (χ0) is 28.5. The van der Waals surface area contributed by atoms with E-state index in [0.717, 1.165) is 45.8 Å². The van der Waals surface area contributed by atoms with Crippen molar-refractivity contribution in [2.45, 2.75) is 84.0 Å². The van der Waals surface area contributed by atoms with Crippen molar-refractivity contribution in [3.05, 3.63) is 0 Å². The highest BCUT2D eigenvalue weighted by atomic mass is 32.2. The zero-order valence-corrected chi connectivity index (χ0v) is 25.5. The summed E-state index contributed by atoms with van der Waals surface area (Å²) in [5.41, 5.74) is 0. The van der Waals surface area contributed by atoms with Gasteiger partial charge in [0.2, 0.25) is 0 Å². The summed E-state index contributed by atoms with van der Waals surface area (Å²) >= 11 is 2.02. The number of carbonyl (C=O) groups excluding carboxylic acids is 1. The zero-order valence-electron chi connectivity index (χ0n) is 24.7. The summed E-state index contributed by atoms with van der Waals surface area (Å²) in [6.45, 7) is 9.39. The van der Waals surface area contributed by atoms with E-state index in [1.54, 1.807) is 0 Å². The third-order valence-electron chi connectivity index (χ3n) is 5.98. The predicted molar refractivity (Wildman–Crippen MR) is 160 cm³/mol. The fraction of sp³-hybridized carbons (Fsp3) is 0.931. The van der Waals surface area contributed by atoms with Crippen molar-refractivity contribution in [1.82, 2.24) is 10.6 Å².